The number of ether oxygens (including phenoxy) is 3. The number of primary amides is 1. The van der Waals surface area contributed by atoms with Crippen molar-refractivity contribution < 1.29 is 19.0 Å². The van der Waals surface area contributed by atoms with Crippen LogP contribution >= 0.6 is 0 Å². The summed E-state index contributed by atoms with van der Waals surface area (Å²) in [7, 11) is 1.64. The zero-order valence-corrected chi connectivity index (χ0v) is 11.4. The molecule has 0 aromatic carbocycles. The van der Waals surface area contributed by atoms with Gasteiger partial charge in [0.05, 0.1) is 19.8 Å². The summed E-state index contributed by atoms with van der Waals surface area (Å²) >= 11 is 0. The van der Waals surface area contributed by atoms with Gasteiger partial charge in [-0.3, -0.25) is 4.79 Å². The summed E-state index contributed by atoms with van der Waals surface area (Å²) in [6.07, 6.45) is 1.75. The third-order valence-electron chi connectivity index (χ3n) is 2.28. The first-order valence-electron chi connectivity index (χ1n) is 6.39. The van der Waals surface area contributed by atoms with Crippen LogP contribution in [0.25, 0.3) is 0 Å². The highest BCUT2D eigenvalue weighted by Gasteiger charge is 2.13. The number of hydrogen-bond acceptors (Lipinski definition) is 5. The molecular formula is C12H26N2O4. The lowest BCUT2D eigenvalue weighted by Gasteiger charge is -2.15. The topological polar surface area (TPSA) is 82.8 Å². The summed E-state index contributed by atoms with van der Waals surface area (Å²) in [5.41, 5.74) is 5.25. The van der Waals surface area contributed by atoms with Gasteiger partial charge in [0.15, 0.2) is 0 Å². The highest BCUT2D eigenvalue weighted by molar-refractivity contribution is 5.79. The second kappa shape index (κ2) is 12.8. The number of amides is 1. The minimum atomic E-state index is -0.403. The molecule has 108 valence electrons. The number of nitrogens with two attached hydrogens (primary N) is 1. The van der Waals surface area contributed by atoms with Crippen molar-refractivity contribution in [3.63, 3.8) is 0 Å². The van der Waals surface area contributed by atoms with E-state index in [-0.39, 0.29) is 5.91 Å². The quantitative estimate of drug-likeness (QED) is 0.453. The lowest BCUT2D eigenvalue weighted by Crippen LogP contribution is -2.45. The fourth-order valence-corrected chi connectivity index (χ4v) is 1.27. The SMILES string of the molecule is CCCNC(COCCCOCCOC)C(N)=O. The molecule has 0 saturated carbocycles. The molecule has 0 heterocycles. The summed E-state index contributed by atoms with van der Waals surface area (Å²) in [6.45, 7) is 5.50. The zero-order valence-electron chi connectivity index (χ0n) is 11.4. The standard InChI is InChI=1S/C12H26N2O4/c1-3-5-14-11(12(13)15)10-18-7-4-6-17-9-8-16-2/h11,14H,3-10H2,1-2H3,(H2,13,15). The molecule has 0 aliphatic heterocycles. The monoisotopic (exact) mass is 262 g/mol. The minimum Gasteiger partial charge on any atom is -0.382 e. The van der Waals surface area contributed by atoms with Gasteiger partial charge in [0.1, 0.15) is 6.04 Å². The van der Waals surface area contributed by atoms with Crippen LogP contribution in [0.3, 0.4) is 0 Å². The molecule has 18 heavy (non-hydrogen) atoms. The van der Waals surface area contributed by atoms with Gasteiger partial charge in [-0.25, -0.2) is 0 Å². The Morgan fingerprint density at radius 2 is 1.94 bits per heavy atom. The molecule has 0 spiro atoms. The van der Waals surface area contributed by atoms with Crippen molar-refractivity contribution in [3.8, 4) is 0 Å². The van der Waals surface area contributed by atoms with E-state index in [0.29, 0.717) is 33.0 Å². The normalized spacial score (nSPS) is 12.6. The Morgan fingerprint density at radius 1 is 1.22 bits per heavy atom. The Labute approximate surface area is 109 Å². The van der Waals surface area contributed by atoms with Gasteiger partial charge in [-0.05, 0) is 19.4 Å². The van der Waals surface area contributed by atoms with Crippen LogP contribution < -0.4 is 11.1 Å². The number of carbonyl (C=O) groups excluding carboxylic acids is 1. The van der Waals surface area contributed by atoms with Crippen molar-refractivity contribution in [1.82, 2.24) is 5.32 Å². The highest BCUT2D eigenvalue weighted by Crippen LogP contribution is 1.90. The maximum atomic E-state index is 11.1. The average molecular weight is 262 g/mol. The molecule has 6 heteroatoms. The summed E-state index contributed by atoms with van der Waals surface area (Å²) in [6, 6.07) is -0.403. The van der Waals surface area contributed by atoms with E-state index >= 15 is 0 Å². The van der Waals surface area contributed by atoms with Crippen LogP contribution in [0.5, 0.6) is 0 Å². The second-order valence-corrected chi connectivity index (χ2v) is 3.94. The zero-order chi connectivity index (χ0) is 13.6. The molecule has 1 atom stereocenters. The Bertz CT molecular complexity index is 203. The first-order chi connectivity index (χ1) is 8.72. The van der Waals surface area contributed by atoms with Gasteiger partial charge in [0.2, 0.25) is 5.91 Å². The van der Waals surface area contributed by atoms with E-state index < -0.39 is 6.04 Å². The molecule has 0 aliphatic rings. The van der Waals surface area contributed by atoms with Gasteiger partial charge in [-0.1, -0.05) is 6.92 Å². The second-order valence-electron chi connectivity index (χ2n) is 3.94. The van der Waals surface area contributed by atoms with Gasteiger partial charge in [0.25, 0.3) is 0 Å². The Hall–Kier alpha value is -0.690. The average Bonchev–Trinajstić information content (AvgIpc) is 2.35. The molecule has 0 aromatic rings. The van der Waals surface area contributed by atoms with Crippen LogP contribution in [0.15, 0.2) is 0 Å². The number of methoxy groups -OCH3 is 1. The molecule has 0 bridgehead atoms. The fraction of sp³-hybridized carbons (Fsp3) is 0.917. The number of hydrogen-bond donors (Lipinski definition) is 2. The Morgan fingerprint density at radius 3 is 2.56 bits per heavy atom. The van der Waals surface area contributed by atoms with Gasteiger partial charge >= 0.3 is 0 Å². The molecule has 6 nitrogen and oxygen atoms in total. The predicted octanol–water partition coefficient (Wildman–Crippen LogP) is -0.0904. The lowest BCUT2D eigenvalue weighted by atomic mass is 10.3. The van der Waals surface area contributed by atoms with Gasteiger partial charge in [0, 0.05) is 20.3 Å². The van der Waals surface area contributed by atoms with Crippen LogP contribution in [0.4, 0.5) is 0 Å². The molecule has 0 rings (SSSR count). The van der Waals surface area contributed by atoms with Crippen molar-refractivity contribution in [2.45, 2.75) is 25.8 Å². The first-order valence-corrected chi connectivity index (χ1v) is 6.39. The van der Waals surface area contributed by atoms with Crippen molar-refractivity contribution >= 4 is 5.91 Å². The molecule has 0 aliphatic carbocycles. The molecule has 0 fully saturated rings. The van der Waals surface area contributed by atoms with Crippen LogP contribution in [-0.2, 0) is 19.0 Å². The number of nitrogens with one attached hydrogen (secondary N) is 1. The smallest absolute Gasteiger partial charge is 0.236 e. The molecule has 1 unspecified atom stereocenters. The van der Waals surface area contributed by atoms with E-state index in [1.54, 1.807) is 7.11 Å². The molecule has 0 aromatic heterocycles. The van der Waals surface area contributed by atoms with E-state index in [0.717, 1.165) is 19.4 Å². The molecule has 1 amide bonds. The Balaban J connectivity index is 3.40. The lowest BCUT2D eigenvalue weighted by molar-refractivity contribution is -0.121. The summed E-state index contributed by atoms with van der Waals surface area (Å²) in [5.74, 6) is -0.375. The first kappa shape index (κ1) is 17.3. The highest BCUT2D eigenvalue weighted by atomic mass is 16.5. The van der Waals surface area contributed by atoms with Crippen LogP contribution in [0.2, 0.25) is 0 Å². The fourth-order valence-electron chi connectivity index (χ4n) is 1.27. The number of rotatable bonds is 13. The number of carbonyl (C=O) groups is 1. The summed E-state index contributed by atoms with van der Waals surface area (Å²) in [5, 5.41) is 3.04. The van der Waals surface area contributed by atoms with Crippen LogP contribution in [0.1, 0.15) is 19.8 Å². The molecule has 0 saturated heterocycles. The van der Waals surface area contributed by atoms with Crippen molar-refractivity contribution in [3.05, 3.63) is 0 Å². The van der Waals surface area contributed by atoms with Gasteiger partial charge < -0.3 is 25.3 Å². The molecular weight excluding hydrogens is 236 g/mol. The maximum absolute atomic E-state index is 11.1. The summed E-state index contributed by atoms with van der Waals surface area (Å²) < 4.78 is 15.5. The summed E-state index contributed by atoms with van der Waals surface area (Å²) in [4.78, 5) is 11.1. The van der Waals surface area contributed by atoms with Gasteiger partial charge in [-0.15, -0.1) is 0 Å². The predicted molar refractivity (Wildman–Crippen MR) is 69.4 cm³/mol. The van der Waals surface area contributed by atoms with Gasteiger partial charge in [-0.2, -0.15) is 0 Å². The Kier molecular flexibility index (Phi) is 12.3. The van der Waals surface area contributed by atoms with E-state index in [2.05, 4.69) is 5.32 Å². The molecule has 0 radical (unpaired) electrons. The van der Waals surface area contributed by atoms with Crippen LogP contribution in [-0.4, -0.2) is 58.6 Å². The maximum Gasteiger partial charge on any atom is 0.236 e. The van der Waals surface area contributed by atoms with E-state index in [1.807, 2.05) is 6.92 Å². The van der Waals surface area contributed by atoms with E-state index in [9.17, 15) is 4.79 Å². The molecule has 3 N–H and O–H groups in total. The van der Waals surface area contributed by atoms with E-state index in [4.69, 9.17) is 19.9 Å². The van der Waals surface area contributed by atoms with E-state index in [1.165, 1.54) is 0 Å². The largest absolute Gasteiger partial charge is 0.382 e. The van der Waals surface area contributed by atoms with Crippen molar-refractivity contribution in [1.29, 1.82) is 0 Å². The van der Waals surface area contributed by atoms with Crippen molar-refractivity contribution in [2.24, 2.45) is 5.73 Å². The van der Waals surface area contributed by atoms with Crippen LogP contribution in [0, 0.1) is 0 Å². The van der Waals surface area contributed by atoms with Crippen molar-refractivity contribution in [2.75, 3.05) is 46.7 Å². The third kappa shape index (κ3) is 10.5. The third-order valence-corrected chi connectivity index (χ3v) is 2.28. The minimum absolute atomic E-state index is 0.313.